The smallest absolute Gasteiger partial charge is 0.311 e. The summed E-state index contributed by atoms with van der Waals surface area (Å²) in [7, 11) is 0. The molecule has 9 heteroatoms. The van der Waals surface area contributed by atoms with Gasteiger partial charge in [0.2, 0.25) is 11.9 Å². The van der Waals surface area contributed by atoms with Gasteiger partial charge in [-0.2, -0.15) is 15.0 Å². The number of para-hydroxylation sites is 1. The topological polar surface area (TPSA) is 129 Å². The van der Waals surface area contributed by atoms with Crippen LogP contribution in [0.1, 0.15) is 11.4 Å². The number of nitro benzene ring substituents is 1. The van der Waals surface area contributed by atoms with Crippen molar-refractivity contribution < 1.29 is 9.66 Å². The van der Waals surface area contributed by atoms with Crippen LogP contribution < -0.4 is 15.8 Å². The molecule has 9 nitrogen and oxygen atoms in total. The Kier molecular flexibility index (Phi) is 4.88. The maximum atomic E-state index is 11.2. The summed E-state index contributed by atoms with van der Waals surface area (Å²) in [5.74, 6) is 0.680. The number of anilines is 3. The molecule has 3 aromatic rings. The zero-order chi connectivity index (χ0) is 18.5. The average molecular weight is 352 g/mol. The molecule has 0 radical (unpaired) electrons. The lowest BCUT2D eigenvalue weighted by Crippen LogP contribution is -2.09. The van der Waals surface area contributed by atoms with Crippen molar-refractivity contribution in [2.45, 2.75) is 13.5 Å². The van der Waals surface area contributed by atoms with Crippen LogP contribution >= 0.6 is 0 Å². The lowest BCUT2D eigenvalue weighted by atomic mass is 10.2. The Balaban J connectivity index is 1.77. The summed E-state index contributed by atoms with van der Waals surface area (Å²) in [5, 5.41) is 14.2. The Labute approximate surface area is 149 Å². The fraction of sp³-hybridized carbons (Fsp3) is 0.118. The van der Waals surface area contributed by atoms with Crippen LogP contribution in [-0.2, 0) is 6.61 Å². The monoisotopic (exact) mass is 352 g/mol. The largest absolute Gasteiger partial charge is 0.479 e. The predicted octanol–water partition coefficient (Wildman–Crippen LogP) is 2.99. The van der Waals surface area contributed by atoms with Crippen molar-refractivity contribution in [1.82, 2.24) is 15.0 Å². The number of nitrogens with two attached hydrogens (primary N) is 1. The molecule has 0 aliphatic carbocycles. The quantitative estimate of drug-likeness (QED) is 0.511. The van der Waals surface area contributed by atoms with E-state index in [4.69, 9.17) is 10.5 Å². The predicted molar refractivity (Wildman–Crippen MR) is 96.1 cm³/mol. The first-order chi connectivity index (χ1) is 12.5. The van der Waals surface area contributed by atoms with E-state index in [0.29, 0.717) is 0 Å². The molecule has 0 atom stereocenters. The number of nitrogens with zero attached hydrogens (tertiary/aromatic N) is 4. The number of rotatable bonds is 6. The normalized spacial score (nSPS) is 10.3. The van der Waals surface area contributed by atoms with Gasteiger partial charge in [-0.15, -0.1) is 0 Å². The van der Waals surface area contributed by atoms with Gasteiger partial charge in [0.1, 0.15) is 6.61 Å². The molecule has 0 fully saturated rings. The molecular formula is C17H16N6O3. The van der Waals surface area contributed by atoms with Gasteiger partial charge in [-0.25, -0.2) is 0 Å². The Morgan fingerprint density at radius 1 is 1.15 bits per heavy atom. The van der Waals surface area contributed by atoms with Crippen LogP contribution in [0.3, 0.4) is 0 Å². The molecule has 1 heterocycles. The minimum absolute atomic E-state index is 0.0236. The van der Waals surface area contributed by atoms with E-state index >= 15 is 0 Å². The molecule has 1 aromatic heterocycles. The van der Waals surface area contributed by atoms with Gasteiger partial charge in [0.25, 0.3) is 0 Å². The Hall–Kier alpha value is -3.75. The fourth-order valence-electron chi connectivity index (χ4n) is 2.24. The third kappa shape index (κ3) is 4.20. The average Bonchev–Trinajstić information content (AvgIpc) is 2.61. The van der Waals surface area contributed by atoms with Crippen molar-refractivity contribution in [3.05, 3.63) is 70.0 Å². The zero-order valence-electron chi connectivity index (χ0n) is 13.9. The summed E-state index contributed by atoms with van der Waals surface area (Å²) in [5.41, 5.74) is 7.16. The van der Waals surface area contributed by atoms with Gasteiger partial charge >= 0.3 is 5.69 Å². The zero-order valence-corrected chi connectivity index (χ0v) is 13.9. The highest BCUT2D eigenvalue weighted by atomic mass is 16.6. The molecule has 26 heavy (non-hydrogen) atoms. The van der Waals surface area contributed by atoms with E-state index in [1.807, 2.05) is 30.3 Å². The van der Waals surface area contributed by atoms with Crippen molar-refractivity contribution >= 4 is 23.3 Å². The molecule has 0 unspecified atom stereocenters. The number of nitrogens with one attached hydrogen (secondary N) is 1. The SMILES string of the molecule is Cc1ccc(OCc2nc(N)nc(Nc3ccccc3)n2)c([N+](=O)[O-])c1. The number of ether oxygens (including phenoxy) is 1. The van der Waals surface area contributed by atoms with Gasteiger partial charge in [-0.05, 0) is 30.7 Å². The summed E-state index contributed by atoms with van der Waals surface area (Å²) in [6.45, 7) is 1.69. The van der Waals surface area contributed by atoms with Crippen LogP contribution in [0.4, 0.5) is 23.3 Å². The fourth-order valence-corrected chi connectivity index (χ4v) is 2.24. The molecule has 3 rings (SSSR count). The van der Waals surface area contributed by atoms with Crippen LogP contribution in [0.5, 0.6) is 5.75 Å². The maximum absolute atomic E-state index is 11.2. The van der Waals surface area contributed by atoms with Crippen molar-refractivity contribution in [3.63, 3.8) is 0 Å². The van der Waals surface area contributed by atoms with Gasteiger partial charge in [0.15, 0.2) is 11.6 Å². The minimum Gasteiger partial charge on any atom is -0.479 e. The lowest BCUT2D eigenvalue weighted by Gasteiger charge is -2.09. The van der Waals surface area contributed by atoms with Crippen LogP contribution in [0.15, 0.2) is 48.5 Å². The van der Waals surface area contributed by atoms with Crippen LogP contribution in [0.25, 0.3) is 0 Å². The van der Waals surface area contributed by atoms with E-state index in [1.54, 1.807) is 19.1 Å². The summed E-state index contributed by atoms with van der Waals surface area (Å²) < 4.78 is 5.52. The summed E-state index contributed by atoms with van der Waals surface area (Å²) in [6, 6.07) is 14.0. The van der Waals surface area contributed by atoms with Crippen molar-refractivity contribution in [3.8, 4) is 5.75 Å². The molecule has 132 valence electrons. The first-order valence-electron chi connectivity index (χ1n) is 7.71. The van der Waals surface area contributed by atoms with Crippen LogP contribution in [-0.4, -0.2) is 19.9 Å². The number of nitro groups is 1. The number of aromatic nitrogens is 3. The number of benzene rings is 2. The Morgan fingerprint density at radius 3 is 2.65 bits per heavy atom. The standard InChI is InChI=1S/C17H16N6O3/c1-11-7-8-14(13(9-11)23(24)25)26-10-15-20-16(18)22-17(21-15)19-12-5-3-2-4-6-12/h2-9H,10H2,1H3,(H3,18,19,20,21,22). The van der Waals surface area contributed by atoms with E-state index in [0.717, 1.165) is 11.3 Å². The van der Waals surface area contributed by atoms with E-state index in [9.17, 15) is 10.1 Å². The van der Waals surface area contributed by atoms with Crippen molar-refractivity contribution in [2.75, 3.05) is 11.1 Å². The lowest BCUT2D eigenvalue weighted by molar-refractivity contribution is -0.386. The second-order valence-corrected chi connectivity index (χ2v) is 5.44. The van der Waals surface area contributed by atoms with E-state index in [-0.39, 0.29) is 35.8 Å². The molecule has 0 spiro atoms. The first kappa shape index (κ1) is 17.1. The highest BCUT2D eigenvalue weighted by molar-refractivity contribution is 5.53. The Morgan fingerprint density at radius 2 is 1.92 bits per heavy atom. The van der Waals surface area contributed by atoms with Gasteiger partial charge in [0, 0.05) is 11.8 Å². The molecule has 0 aliphatic rings. The highest BCUT2D eigenvalue weighted by Crippen LogP contribution is 2.28. The van der Waals surface area contributed by atoms with Gasteiger partial charge in [-0.1, -0.05) is 24.3 Å². The summed E-state index contributed by atoms with van der Waals surface area (Å²) in [4.78, 5) is 22.9. The van der Waals surface area contributed by atoms with Gasteiger partial charge in [-0.3, -0.25) is 10.1 Å². The van der Waals surface area contributed by atoms with E-state index < -0.39 is 4.92 Å². The second kappa shape index (κ2) is 7.43. The van der Waals surface area contributed by atoms with Crippen LogP contribution in [0, 0.1) is 17.0 Å². The van der Waals surface area contributed by atoms with Crippen molar-refractivity contribution in [1.29, 1.82) is 0 Å². The molecular weight excluding hydrogens is 336 g/mol. The molecule has 2 aromatic carbocycles. The number of nitrogen functional groups attached to an aromatic ring is 1. The summed E-state index contributed by atoms with van der Waals surface area (Å²) >= 11 is 0. The number of hydrogen-bond acceptors (Lipinski definition) is 8. The molecule has 0 amide bonds. The van der Waals surface area contributed by atoms with Gasteiger partial charge < -0.3 is 15.8 Å². The molecule has 0 saturated heterocycles. The third-order valence-corrected chi connectivity index (χ3v) is 3.40. The molecule has 0 aliphatic heterocycles. The summed E-state index contributed by atoms with van der Waals surface area (Å²) in [6.07, 6.45) is 0. The maximum Gasteiger partial charge on any atom is 0.311 e. The Bertz CT molecular complexity index is 933. The third-order valence-electron chi connectivity index (χ3n) is 3.40. The van der Waals surface area contributed by atoms with E-state index in [1.165, 1.54) is 6.07 Å². The van der Waals surface area contributed by atoms with Crippen molar-refractivity contribution in [2.24, 2.45) is 0 Å². The van der Waals surface area contributed by atoms with Crippen LogP contribution in [0.2, 0.25) is 0 Å². The number of hydrogen-bond donors (Lipinski definition) is 2. The molecule has 3 N–H and O–H groups in total. The minimum atomic E-state index is -0.494. The number of aryl methyl sites for hydroxylation is 1. The first-order valence-corrected chi connectivity index (χ1v) is 7.71. The highest BCUT2D eigenvalue weighted by Gasteiger charge is 2.16. The molecule has 0 bridgehead atoms. The second-order valence-electron chi connectivity index (χ2n) is 5.44. The van der Waals surface area contributed by atoms with E-state index in [2.05, 4.69) is 20.3 Å². The van der Waals surface area contributed by atoms with Gasteiger partial charge in [0.05, 0.1) is 4.92 Å². The molecule has 0 saturated carbocycles.